The number of hydrogen-bond acceptors (Lipinski definition) is 2. The van der Waals surface area contributed by atoms with Crippen LogP contribution in [0.2, 0.25) is 38.3 Å². The van der Waals surface area contributed by atoms with E-state index in [4.69, 9.17) is 5.11 Å². The zero-order chi connectivity index (χ0) is 21.0. The molecule has 29 heavy (non-hydrogen) atoms. The maximum absolute atomic E-state index is 13.3. The molecule has 5 heteroatoms. The van der Waals surface area contributed by atoms with Crippen molar-refractivity contribution in [2.45, 2.75) is 38.3 Å². The molecule has 0 atom stereocenters. The molecule has 0 aliphatic carbocycles. The van der Waals surface area contributed by atoms with Gasteiger partial charge in [-0.3, -0.25) is 4.79 Å². The van der Waals surface area contributed by atoms with Crippen LogP contribution in [-0.4, -0.2) is 33.0 Å². The minimum atomic E-state index is -1.51. The fourth-order valence-electron chi connectivity index (χ4n) is 4.42. The van der Waals surface area contributed by atoms with Gasteiger partial charge in [0.1, 0.15) is 0 Å². The first-order valence-electron chi connectivity index (χ1n) is 10.1. The predicted molar refractivity (Wildman–Crippen MR) is 125 cm³/mol. The molecule has 1 aliphatic rings. The predicted octanol–water partition coefficient (Wildman–Crippen LogP) is 4.61. The highest BCUT2D eigenvalue weighted by Gasteiger charge is 2.39. The zero-order valence-corrected chi connectivity index (χ0v) is 19.4. The van der Waals surface area contributed by atoms with Crippen molar-refractivity contribution < 1.29 is 14.7 Å². The third-order valence-corrected chi connectivity index (χ3v) is 14.0. The minimum absolute atomic E-state index is 0.0341. The van der Waals surface area contributed by atoms with E-state index in [1.807, 2.05) is 18.2 Å². The molecule has 0 saturated heterocycles. The molecule has 1 heterocycles. The van der Waals surface area contributed by atoms with Gasteiger partial charge in [0, 0.05) is 11.1 Å². The minimum Gasteiger partial charge on any atom is -0.478 e. The molecule has 1 N–H and O–H groups in total. The molecule has 0 amide bonds. The molecule has 0 bridgehead atoms. The van der Waals surface area contributed by atoms with Crippen molar-refractivity contribution >= 4 is 49.0 Å². The number of ketones is 1. The molecule has 0 spiro atoms. The van der Waals surface area contributed by atoms with Gasteiger partial charge in [-0.15, -0.1) is 0 Å². The second-order valence-electron chi connectivity index (χ2n) is 9.44. The molecule has 3 nitrogen and oxygen atoms in total. The smallest absolute Gasteiger partial charge is 0.335 e. The summed E-state index contributed by atoms with van der Waals surface area (Å²) in [6, 6.07) is 19.6. The summed E-state index contributed by atoms with van der Waals surface area (Å²) < 4.78 is 0. The Balaban J connectivity index is 1.75. The Morgan fingerprint density at radius 3 is 1.79 bits per heavy atom. The van der Waals surface area contributed by atoms with Gasteiger partial charge in [-0.05, 0) is 29.0 Å². The monoisotopic (exact) mass is 418 g/mol. The Hall–Kier alpha value is -2.51. The number of carboxylic acids is 1. The topological polar surface area (TPSA) is 54.4 Å². The van der Waals surface area contributed by atoms with Crippen LogP contribution < -0.4 is 10.4 Å². The molecular formula is C24H26O3Si2. The molecule has 3 aromatic carbocycles. The summed E-state index contributed by atoms with van der Waals surface area (Å²) in [6.45, 7) is 9.71. The van der Waals surface area contributed by atoms with Crippen molar-refractivity contribution in [1.82, 2.24) is 0 Å². The van der Waals surface area contributed by atoms with Crippen LogP contribution in [0.3, 0.4) is 0 Å². The Morgan fingerprint density at radius 2 is 1.17 bits per heavy atom. The largest absolute Gasteiger partial charge is 0.478 e. The Labute approximate surface area is 173 Å². The number of carbonyl (C=O) groups is 2. The van der Waals surface area contributed by atoms with Gasteiger partial charge in [-0.25, -0.2) is 4.79 Å². The van der Waals surface area contributed by atoms with Gasteiger partial charge in [0.15, 0.2) is 5.78 Å². The van der Waals surface area contributed by atoms with Crippen LogP contribution >= 0.6 is 0 Å². The summed E-state index contributed by atoms with van der Waals surface area (Å²) in [7, 11) is -2.92. The summed E-state index contributed by atoms with van der Waals surface area (Å²) in [4.78, 5) is 24.4. The van der Waals surface area contributed by atoms with Crippen LogP contribution in [0.25, 0.3) is 10.8 Å². The van der Waals surface area contributed by atoms with Gasteiger partial charge in [0.2, 0.25) is 0 Å². The van der Waals surface area contributed by atoms with E-state index < -0.39 is 22.1 Å². The third-order valence-electron chi connectivity index (χ3n) is 6.46. The number of hydrogen-bond donors (Lipinski definition) is 1. The van der Waals surface area contributed by atoms with Crippen LogP contribution in [0, 0.1) is 0 Å². The van der Waals surface area contributed by atoms with E-state index in [1.165, 1.54) is 22.5 Å². The molecule has 3 aromatic rings. The molecule has 148 valence electrons. The van der Waals surface area contributed by atoms with E-state index >= 15 is 0 Å². The van der Waals surface area contributed by atoms with Crippen molar-refractivity contribution in [2.75, 3.05) is 0 Å². The quantitative estimate of drug-likeness (QED) is 0.499. The third kappa shape index (κ3) is 3.49. The van der Waals surface area contributed by atoms with Crippen LogP contribution in [0.1, 0.15) is 26.3 Å². The lowest BCUT2D eigenvalue weighted by Crippen LogP contribution is -2.63. The van der Waals surface area contributed by atoms with E-state index in [0.717, 1.165) is 16.3 Å². The lowest BCUT2D eigenvalue weighted by Gasteiger charge is -2.39. The molecule has 1 aliphatic heterocycles. The highest BCUT2D eigenvalue weighted by molar-refractivity contribution is 7.03. The van der Waals surface area contributed by atoms with Gasteiger partial charge in [0.05, 0.1) is 21.7 Å². The summed E-state index contributed by atoms with van der Waals surface area (Å²) >= 11 is 0. The van der Waals surface area contributed by atoms with E-state index in [9.17, 15) is 9.59 Å². The number of benzene rings is 3. The summed E-state index contributed by atoms with van der Waals surface area (Å²) in [6.07, 6.45) is 0. The van der Waals surface area contributed by atoms with Crippen molar-refractivity contribution in [2.24, 2.45) is 0 Å². The SMILES string of the molecule is C[Si]1(C)CC[Si](C)(C)c2cc(C(=O)c3ccc4cc(C(=O)O)ccc4c3)ccc21. The van der Waals surface area contributed by atoms with Gasteiger partial charge < -0.3 is 5.11 Å². The first kappa shape index (κ1) is 19.8. The van der Waals surface area contributed by atoms with Crippen LogP contribution in [0.15, 0.2) is 54.6 Å². The maximum Gasteiger partial charge on any atom is 0.335 e. The van der Waals surface area contributed by atoms with Crippen molar-refractivity contribution in [1.29, 1.82) is 0 Å². The van der Waals surface area contributed by atoms with Crippen molar-refractivity contribution in [3.63, 3.8) is 0 Å². The average Bonchev–Trinajstić information content (AvgIpc) is 2.70. The van der Waals surface area contributed by atoms with Gasteiger partial charge >= 0.3 is 5.97 Å². The number of aromatic carboxylic acids is 1. The second-order valence-corrected chi connectivity index (χ2v) is 19.1. The Morgan fingerprint density at radius 1 is 0.690 bits per heavy atom. The van der Waals surface area contributed by atoms with Crippen LogP contribution in [0.4, 0.5) is 0 Å². The molecular weight excluding hydrogens is 392 g/mol. The number of fused-ring (bicyclic) bond motifs is 2. The van der Waals surface area contributed by atoms with E-state index in [2.05, 4.69) is 38.3 Å². The van der Waals surface area contributed by atoms with Gasteiger partial charge in [0.25, 0.3) is 0 Å². The molecule has 0 radical (unpaired) electrons. The molecule has 0 aromatic heterocycles. The maximum atomic E-state index is 13.3. The average molecular weight is 419 g/mol. The first-order chi connectivity index (χ1) is 13.6. The van der Waals surface area contributed by atoms with Gasteiger partial charge in [-0.1, -0.05) is 85.0 Å². The van der Waals surface area contributed by atoms with Crippen molar-refractivity contribution in [3.05, 3.63) is 71.3 Å². The Kier molecular flexibility index (Phi) is 4.63. The van der Waals surface area contributed by atoms with E-state index in [1.54, 1.807) is 24.3 Å². The van der Waals surface area contributed by atoms with Crippen molar-refractivity contribution in [3.8, 4) is 0 Å². The summed E-state index contributed by atoms with van der Waals surface area (Å²) in [5.74, 6) is -0.911. The lowest BCUT2D eigenvalue weighted by atomic mass is 9.99. The van der Waals surface area contributed by atoms with Gasteiger partial charge in [-0.2, -0.15) is 0 Å². The number of rotatable bonds is 3. The molecule has 0 unspecified atom stereocenters. The second kappa shape index (κ2) is 6.78. The highest BCUT2D eigenvalue weighted by atomic mass is 28.3. The van der Waals surface area contributed by atoms with E-state index in [-0.39, 0.29) is 11.3 Å². The fourth-order valence-corrected chi connectivity index (χ4v) is 14.7. The fraction of sp³-hybridized carbons (Fsp3) is 0.250. The highest BCUT2D eigenvalue weighted by Crippen LogP contribution is 2.27. The normalized spacial score (nSPS) is 17.0. The number of carbonyl (C=O) groups excluding carboxylic acids is 1. The standard InChI is InChI=1S/C24H26O3Si2/c1-28(2)11-12-29(3,4)22-15-19(9-10-21(22)28)23(25)18-7-5-17-14-20(24(26)27)8-6-16(17)13-18/h5-10,13-15H,11-12H2,1-4H3,(H,26,27). The zero-order valence-electron chi connectivity index (χ0n) is 17.4. The number of carboxylic acid groups (broad SMARTS) is 1. The lowest BCUT2D eigenvalue weighted by molar-refractivity contribution is 0.0697. The van der Waals surface area contributed by atoms with Crippen LogP contribution in [-0.2, 0) is 0 Å². The molecule has 0 fully saturated rings. The van der Waals surface area contributed by atoms with Crippen LogP contribution in [0.5, 0.6) is 0 Å². The summed E-state index contributed by atoms with van der Waals surface area (Å²) in [5, 5.41) is 13.9. The molecule has 4 rings (SSSR count). The first-order valence-corrected chi connectivity index (χ1v) is 16.5. The summed E-state index contributed by atoms with van der Waals surface area (Å²) in [5.41, 5.74) is 1.66. The molecule has 0 saturated carbocycles. The Bertz CT molecular complexity index is 1160. The van der Waals surface area contributed by atoms with E-state index in [0.29, 0.717) is 5.56 Å².